The van der Waals surface area contributed by atoms with Gasteiger partial charge in [0.25, 0.3) is 0 Å². The number of carbonyl (C=O) groups excluding carboxylic acids is 2. The van der Waals surface area contributed by atoms with Gasteiger partial charge in [0.1, 0.15) is 19.8 Å². The van der Waals surface area contributed by atoms with E-state index < -0.39 is 26.5 Å². The van der Waals surface area contributed by atoms with Gasteiger partial charge in [-0.3, -0.25) is 18.6 Å². The van der Waals surface area contributed by atoms with Gasteiger partial charge < -0.3 is 18.9 Å². The summed E-state index contributed by atoms with van der Waals surface area (Å²) < 4.78 is 33.6. The fourth-order valence-corrected chi connectivity index (χ4v) is 4.63. The third kappa shape index (κ3) is 27.0. The Balaban J connectivity index is 4.40. The molecule has 39 heavy (non-hydrogen) atoms. The van der Waals surface area contributed by atoms with Gasteiger partial charge in [0.15, 0.2) is 6.10 Å². The molecule has 0 aromatic heterocycles. The largest absolute Gasteiger partial charge is 0.472 e. The molecule has 0 saturated heterocycles. The zero-order valence-electron chi connectivity index (χ0n) is 25.6. The molecule has 10 heteroatoms. The van der Waals surface area contributed by atoms with Gasteiger partial charge in [-0.25, -0.2) is 4.57 Å². The van der Waals surface area contributed by atoms with Crippen molar-refractivity contribution >= 4 is 19.8 Å². The average molecular weight is 581 g/mol. The first-order chi connectivity index (χ1) is 18.5. The van der Waals surface area contributed by atoms with Crippen LogP contribution in [0, 0.1) is 0 Å². The molecular formula is C29H59NO8P+. The second-order valence-electron chi connectivity index (χ2n) is 11.5. The summed E-state index contributed by atoms with van der Waals surface area (Å²) in [7, 11) is 1.48. The lowest BCUT2D eigenvalue weighted by Gasteiger charge is -2.24. The fourth-order valence-electron chi connectivity index (χ4n) is 3.89. The quantitative estimate of drug-likeness (QED) is 0.0481. The monoisotopic (exact) mass is 580 g/mol. The Hall–Kier alpha value is -0.990. The van der Waals surface area contributed by atoms with E-state index in [-0.39, 0.29) is 25.6 Å². The SMILES string of the molecule is CCCCCCCCCCCCCC(=O)OC[C@@H](COP(=O)(O)OCC[N+](C)(C)C)OC(=O)CCCCCC. The fraction of sp³-hybridized carbons (Fsp3) is 0.931. The van der Waals surface area contributed by atoms with Gasteiger partial charge in [0.05, 0.1) is 27.7 Å². The first-order valence-electron chi connectivity index (χ1n) is 15.3. The third-order valence-corrected chi connectivity index (χ3v) is 7.37. The number of rotatable bonds is 27. The molecule has 0 aliphatic heterocycles. The van der Waals surface area contributed by atoms with Crippen molar-refractivity contribution in [3.8, 4) is 0 Å². The number of phosphoric ester groups is 1. The Bertz CT molecular complexity index is 668. The molecule has 0 heterocycles. The van der Waals surface area contributed by atoms with E-state index >= 15 is 0 Å². The minimum atomic E-state index is -4.34. The molecule has 1 N–H and O–H groups in total. The van der Waals surface area contributed by atoms with Crippen molar-refractivity contribution in [1.29, 1.82) is 0 Å². The van der Waals surface area contributed by atoms with E-state index in [0.717, 1.165) is 38.5 Å². The van der Waals surface area contributed by atoms with Crippen molar-refractivity contribution in [3.63, 3.8) is 0 Å². The van der Waals surface area contributed by atoms with E-state index in [2.05, 4.69) is 13.8 Å². The van der Waals surface area contributed by atoms with Crippen LogP contribution in [0.5, 0.6) is 0 Å². The number of phosphoric acid groups is 1. The minimum Gasteiger partial charge on any atom is -0.462 e. The summed E-state index contributed by atoms with van der Waals surface area (Å²) in [6.07, 6.45) is 16.4. The predicted molar refractivity (Wildman–Crippen MR) is 155 cm³/mol. The Labute approximate surface area is 238 Å². The number of nitrogens with zero attached hydrogens (tertiary/aromatic N) is 1. The molecule has 0 aromatic carbocycles. The average Bonchev–Trinajstić information content (AvgIpc) is 2.86. The number of hydrogen-bond acceptors (Lipinski definition) is 7. The van der Waals surface area contributed by atoms with Crippen LogP contribution in [-0.4, -0.2) is 74.9 Å². The van der Waals surface area contributed by atoms with Crippen LogP contribution < -0.4 is 0 Å². The Morgan fingerprint density at radius 2 is 1.15 bits per heavy atom. The van der Waals surface area contributed by atoms with Crippen molar-refractivity contribution in [2.45, 2.75) is 129 Å². The molecule has 0 saturated carbocycles. The zero-order valence-corrected chi connectivity index (χ0v) is 26.5. The van der Waals surface area contributed by atoms with Crippen LogP contribution in [0.4, 0.5) is 0 Å². The Kier molecular flexibility index (Phi) is 23.1. The van der Waals surface area contributed by atoms with Crippen LogP contribution in [0.2, 0.25) is 0 Å². The number of esters is 2. The maximum absolute atomic E-state index is 12.3. The first kappa shape index (κ1) is 38.0. The molecule has 0 amide bonds. The van der Waals surface area contributed by atoms with Gasteiger partial charge in [-0.2, -0.15) is 0 Å². The number of quaternary nitrogens is 1. The molecule has 9 nitrogen and oxygen atoms in total. The molecule has 0 fully saturated rings. The van der Waals surface area contributed by atoms with Crippen molar-refractivity contribution < 1.29 is 42.1 Å². The second kappa shape index (κ2) is 23.7. The van der Waals surface area contributed by atoms with E-state index in [1.807, 2.05) is 21.1 Å². The van der Waals surface area contributed by atoms with Crippen molar-refractivity contribution in [1.82, 2.24) is 0 Å². The smallest absolute Gasteiger partial charge is 0.462 e. The summed E-state index contributed by atoms with van der Waals surface area (Å²) in [5.41, 5.74) is 0. The number of ether oxygens (including phenoxy) is 2. The van der Waals surface area contributed by atoms with E-state index in [4.69, 9.17) is 18.5 Å². The summed E-state index contributed by atoms with van der Waals surface area (Å²) in [5.74, 6) is -0.818. The van der Waals surface area contributed by atoms with Gasteiger partial charge in [-0.05, 0) is 12.8 Å². The number of likely N-dealkylation sites (N-methyl/N-ethyl adjacent to an activating group) is 1. The lowest BCUT2D eigenvalue weighted by molar-refractivity contribution is -0.870. The van der Waals surface area contributed by atoms with Crippen molar-refractivity contribution in [2.24, 2.45) is 0 Å². The first-order valence-corrected chi connectivity index (χ1v) is 16.8. The van der Waals surface area contributed by atoms with Crippen molar-refractivity contribution in [3.05, 3.63) is 0 Å². The van der Waals surface area contributed by atoms with Crippen LogP contribution in [-0.2, 0) is 32.7 Å². The zero-order chi connectivity index (χ0) is 29.4. The highest BCUT2D eigenvalue weighted by molar-refractivity contribution is 7.47. The molecule has 1 unspecified atom stereocenters. The minimum absolute atomic E-state index is 0.0348. The predicted octanol–water partition coefficient (Wildman–Crippen LogP) is 6.95. The molecule has 2 atom stereocenters. The third-order valence-electron chi connectivity index (χ3n) is 6.39. The molecular weight excluding hydrogens is 521 g/mol. The van der Waals surface area contributed by atoms with Gasteiger partial charge in [-0.1, -0.05) is 97.3 Å². The van der Waals surface area contributed by atoms with E-state index in [0.29, 0.717) is 23.9 Å². The topological polar surface area (TPSA) is 108 Å². The van der Waals surface area contributed by atoms with Crippen LogP contribution in [0.3, 0.4) is 0 Å². The van der Waals surface area contributed by atoms with Crippen molar-refractivity contribution in [2.75, 3.05) is 47.5 Å². The maximum Gasteiger partial charge on any atom is 0.472 e. The Morgan fingerprint density at radius 1 is 0.692 bits per heavy atom. The second-order valence-corrected chi connectivity index (χ2v) is 13.0. The summed E-state index contributed by atoms with van der Waals surface area (Å²) in [5, 5.41) is 0. The van der Waals surface area contributed by atoms with Crippen LogP contribution >= 0.6 is 7.82 Å². The lowest BCUT2D eigenvalue weighted by Crippen LogP contribution is -2.37. The van der Waals surface area contributed by atoms with E-state index in [1.54, 1.807) is 0 Å². The summed E-state index contributed by atoms with van der Waals surface area (Å²) >= 11 is 0. The number of hydrogen-bond donors (Lipinski definition) is 1. The Morgan fingerprint density at radius 3 is 1.67 bits per heavy atom. The molecule has 0 bridgehead atoms. The summed E-state index contributed by atoms with van der Waals surface area (Å²) in [4.78, 5) is 34.5. The molecule has 0 aromatic rings. The highest BCUT2D eigenvalue weighted by Crippen LogP contribution is 2.43. The van der Waals surface area contributed by atoms with Gasteiger partial charge in [0, 0.05) is 12.8 Å². The highest BCUT2D eigenvalue weighted by Gasteiger charge is 2.27. The molecule has 0 radical (unpaired) electrons. The van der Waals surface area contributed by atoms with Crippen LogP contribution in [0.25, 0.3) is 0 Å². The lowest BCUT2D eigenvalue weighted by atomic mass is 10.1. The normalized spacial score (nSPS) is 14.1. The highest BCUT2D eigenvalue weighted by atomic mass is 31.2. The molecule has 0 spiro atoms. The van der Waals surface area contributed by atoms with E-state index in [1.165, 1.54) is 51.4 Å². The molecule has 0 aliphatic carbocycles. The molecule has 232 valence electrons. The van der Waals surface area contributed by atoms with Crippen LogP contribution in [0.15, 0.2) is 0 Å². The van der Waals surface area contributed by atoms with Gasteiger partial charge in [0.2, 0.25) is 0 Å². The number of carbonyl (C=O) groups is 2. The van der Waals surface area contributed by atoms with E-state index in [9.17, 15) is 19.0 Å². The summed E-state index contributed by atoms with van der Waals surface area (Å²) in [6, 6.07) is 0. The van der Waals surface area contributed by atoms with Gasteiger partial charge >= 0.3 is 19.8 Å². The van der Waals surface area contributed by atoms with Gasteiger partial charge in [-0.15, -0.1) is 0 Å². The van der Waals surface area contributed by atoms with Crippen LogP contribution in [0.1, 0.15) is 123 Å². The maximum atomic E-state index is 12.3. The molecule has 0 aliphatic rings. The summed E-state index contributed by atoms with van der Waals surface area (Å²) in [6.45, 7) is 4.25. The number of unbranched alkanes of at least 4 members (excludes halogenated alkanes) is 13. The standard InChI is InChI=1S/C29H58NO8P/c1-6-8-10-12-13-14-15-16-17-18-20-21-28(31)35-25-27(38-29(32)22-19-11-9-7-2)26-37-39(33,34)36-24-23-30(3,4)5/h27H,6-26H2,1-5H3/p+1/t27-/m0/s1. The molecule has 0 rings (SSSR count).